The van der Waals surface area contributed by atoms with Crippen LogP contribution < -0.4 is 0 Å². The number of nitrogens with zero attached hydrogens (tertiary/aromatic N) is 2. The van der Waals surface area contributed by atoms with Crippen molar-refractivity contribution >= 4 is 24.6 Å². The van der Waals surface area contributed by atoms with E-state index in [1.165, 1.54) is 0 Å². The van der Waals surface area contributed by atoms with Crippen molar-refractivity contribution in [3.63, 3.8) is 0 Å². The predicted octanol–water partition coefficient (Wildman–Crippen LogP) is 0.488. The zero-order valence-electron chi connectivity index (χ0n) is 7.54. The molecule has 0 aliphatic carbocycles. The standard InChI is InChI=1S/C9H6N2O2SSe/c12-14(13)5-8-9(10-11-15-8)6-3-1-2-4-7(6)14/h1-4H,5H2. The molecule has 2 aromatic rings. The number of sulfone groups is 1. The molecule has 0 atom stereocenters. The Morgan fingerprint density at radius 3 is 2.93 bits per heavy atom. The van der Waals surface area contributed by atoms with Crippen molar-refractivity contribution in [1.82, 2.24) is 9.19 Å². The van der Waals surface area contributed by atoms with E-state index < -0.39 is 9.84 Å². The van der Waals surface area contributed by atoms with Gasteiger partial charge in [0.1, 0.15) is 0 Å². The third kappa shape index (κ3) is 1.29. The molecule has 0 saturated carbocycles. The van der Waals surface area contributed by atoms with Gasteiger partial charge in [0.25, 0.3) is 0 Å². The third-order valence-electron chi connectivity index (χ3n) is 2.35. The van der Waals surface area contributed by atoms with Gasteiger partial charge >= 0.3 is 92.8 Å². The first-order valence-corrected chi connectivity index (χ1v) is 7.59. The van der Waals surface area contributed by atoms with E-state index in [-0.39, 0.29) is 20.5 Å². The predicted molar refractivity (Wildman–Crippen MR) is 55.3 cm³/mol. The molecule has 76 valence electrons. The van der Waals surface area contributed by atoms with Crippen LogP contribution in [0.5, 0.6) is 0 Å². The first-order chi connectivity index (χ1) is 7.18. The van der Waals surface area contributed by atoms with E-state index in [0.29, 0.717) is 10.5 Å². The molecule has 1 aliphatic heterocycles. The van der Waals surface area contributed by atoms with Crippen LogP contribution in [0.15, 0.2) is 29.2 Å². The molecule has 0 fully saturated rings. The molecule has 0 amide bonds. The molecule has 0 bridgehead atoms. The molecule has 0 spiro atoms. The van der Waals surface area contributed by atoms with E-state index in [1.807, 2.05) is 6.07 Å². The van der Waals surface area contributed by atoms with Gasteiger partial charge in [0.05, 0.1) is 0 Å². The summed E-state index contributed by atoms with van der Waals surface area (Å²) in [6.45, 7) is 0. The molecule has 4 nitrogen and oxygen atoms in total. The summed E-state index contributed by atoms with van der Waals surface area (Å²) in [6.07, 6.45) is 0. The average molecular weight is 285 g/mol. The van der Waals surface area contributed by atoms with Gasteiger partial charge in [-0.3, -0.25) is 0 Å². The summed E-state index contributed by atoms with van der Waals surface area (Å²) < 4.78 is 28.6. The number of hydrogen-bond acceptors (Lipinski definition) is 4. The second-order valence-electron chi connectivity index (χ2n) is 3.30. The van der Waals surface area contributed by atoms with Gasteiger partial charge in [0.15, 0.2) is 0 Å². The van der Waals surface area contributed by atoms with Crippen molar-refractivity contribution in [2.75, 3.05) is 0 Å². The van der Waals surface area contributed by atoms with E-state index in [0.717, 1.165) is 10.1 Å². The van der Waals surface area contributed by atoms with Gasteiger partial charge in [-0.1, -0.05) is 0 Å². The van der Waals surface area contributed by atoms with Gasteiger partial charge in [-0.2, -0.15) is 0 Å². The SMILES string of the molecule is O=S1(=O)Cc2[se]nnc2-c2ccccc21. The van der Waals surface area contributed by atoms with E-state index in [1.54, 1.807) is 18.2 Å². The van der Waals surface area contributed by atoms with E-state index >= 15 is 0 Å². The van der Waals surface area contributed by atoms with Crippen LogP contribution in [-0.2, 0) is 15.6 Å². The Morgan fingerprint density at radius 1 is 1.27 bits per heavy atom. The number of hydrogen-bond donors (Lipinski definition) is 0. The number of rotatable bonds is 0. The second-order valence-corrected chi connectivity index (χ2v) is 7.02. The minimum atomic E-state index is -3.16. The van der Waals surface area contributed by atoms with Crippen molar-refractivity contribution < 1.29 is 8.42 Å². The van der Waals surface area contributed by atoms with E-state index in [9.17, 15) is 8.42 Å². The van der Waals surface area contributed by atoms with Crippen LogP contribution in [0.2, 0.25) is 0 Å². The molecule has 1 aromatic heterocycles. The van der Waals surface area contributed by atoms with E-state index in [2.05, 4.69) is 9.19 Å². The molecule has 1 aliphatic rings. The summed E-state index contributed by atoms with van der Waals surface area (Å²) in [5, 5.41) is 4.03. The fourth-order valence-electron chi connectivity index (χ4n) is 1.69. The normalized spacial score (nSPS) is 16.8. The first-order valence-electron chi connectivity index (χ1n) is 4.32. The zero-order chi connectivity index (χ0) is 10.5. The Hall–Kier alpha value is -0.971. The Bertz CT molecular complexity index is 633. The van der Waals surface area contributed by atoms with Gasteiger partial charge in [-0.15, -0.1) is 0 Å². The fraction of sp³-hybridized carbons (Fsp3) is 0.111. The van der Waals surface area contributed by atoms with Crippen molar-refractivity contribution in [3.05, 3.63) is 28.7 Å². The molecular weight excluding hydrogens is 279 g/mol. The topological polar surface area (TPSA) is 59.9 Å². The average Bonchev–Trinajstić information content (AvgIpc) is 2.65. The molecule has 6 heteroatoms. The maximum absolute atomic E-state index is 11.9. The van der Waals surface area contributed by atoms with Crippen LogP contribution in [-0.4, -0.2) is 32.3 Å². The summed E-state index contributed by atoms with van der Waals surface area (Å²) >= 11 is -0.129. The Balaban J connectivity index is 2.44. The molecule has 2 heterocycles. The molecule has 0 saturated heterocycles. The number of aromatic nitrogens is 2. The van der Waals surface area contributed by atoms with E-state index in [4.69, 9.17) is 0 Å². The first kappa shape index (κ1) is 9.27. The van der Waals surface area contributed by atoms with Gasteiger partial charge < -0.3 is 0 Å². The quantitative estimate of drug-likeness (QED) is 0.661. The van der Waals surface area contributed by atoms with Crippen molar-refractivity contribution in [3.8, 4) is 11.3 Å². The molecular formula is C9H6N2O2SSe. The summed E-state index contributed by atoms with van der Waals surface area (Å²) in [4.78, 5) is 0.389. The van der Waals surface area contributed by atoms with Crippen LogP contribution in [0.4, 0.5) is 0 Å². The Morgan fingerprint density at radius 2 is 2.07 bits per heavy atom. The molecule has 0 radical (unpaired) electrons. The van der Waals surface area contributed by atoms with Crippen LogP contribution in [0, 0.1) is 0 Å². The molecule has 3 rings (SSSR count). The Labute approximate surface area is 92.9 Å². The summed E-state index contributed by atoms with van der Waals surface area (Å²) in [5.74, 6) is 0.0896. The third-order valence-corrected chi connectivity index (χ3v) is 5.98. The van der Waals surface area contributed by atoms with Crippen LogP contribution in [0.1, 0.15) is 4.44 Å². The number of fused-ring (bicyclic) bond motifs is 3. The summed E-state index contributed by atoms with van der Waals surface area (Å²) in [5.41, 5.74) is 1.49. The van der Waals surface area contributed by atoms with Gasteiger partial charge in [-0.25, -0.2) is 0 Å². The zero-order valence-corrected chi connectivity index (χ0v) is 10.1. The van der Waals surface area contributed by atoms with Gasteiger partial charge in [0.2, 0.25) is 0 Å². The monoisotopic (exact) mass is 286 g/mol. The molecule has 15 heavy (non-hydrogen) atoms. The minimum absolute atomic E-state index is 0.0896. The Kier molecular flexibility index (Phi) is 1.86. The van der Waals surface area contributed by atoms with Gasteiger partial charge in [-0.05, 0) is 0 Å². The van der Waals surface area contributed by atoms with Crippen molar-refractivity contribution in [2.45, 2.75) is 10.6 Å². The second kappa shape index (κ2) is 3.01. The van der Waals surface area contributed by atoms with Crippen LogP contribution >= 0.6 is 0 Å². The molecule has 0 N–H and O–H groups in total. The van der Waals surface area contributed by atoms with Crippen LogP contribution in [0.3, 0.4) is 0 Å². The van der Waals surface area contributed by atoms with Gasteiger partial charge in [0, 0.05) is 0 Å². The summed E-state index contributed by atoms with van der Waals surface area (Å²) in [6, 6.07) is 6.99. The van der Waals surface area contributed by atoms with Crippen molar-refractivity contribution in [2.24, 2.45) is 0 Å². The fourth-order valence-corrected chi connectivity index (χ4v) is 5.44. The maximum atomic E-state index is 11.9. The summed E-state index contributed by atoms with van der Waals surface area (Å²) in [7, 11) is -3.16. The van der Waals surface area contributed by atoms with Crippen molar-refractivity contribution in [1.29, 1.82) is 0 Å². The number of benzene rings is 1. The molecule has 0 unspecified atom stereocenters. The van der Waals surface area contributed by atoms with Crippen LogP contribution in [0.25, 0.3) is 11.3 Å². The molecule has 1 aromatic carbocycles.